The molecular weight excluding hydrogens is 355 g/mol. The number of carbonyl (C=O) groups is 2. The van der Waals surface area contributed by atoms with Gasteiger partial charge in [-0.1, -0.05) is 43.5 Å². The lowest BCUT2D eigenvalue weighted by Crippen LogP contribution is -2.30. The number of alkyl halides is 2. The summed E-state index contributed by atoms with van der Waals surface area (Å²) in [4.78, 5) is 23.2. The van der Waals surface area contributed by atoms with E-state index in [0.717, 1.165) is 12.2 Å². The fourth-order valence-corrected chi connectivity index (χ4v) is 3.03. The second-order valence-electron chi connectivity index (χ2n) is 4.36. The summed E-state index contributed by atoms with van der Waals surface area (Å²) in [5, 5.41) is 0. The van der Waals surface area contributed by atoms with Gasteiger partial charge in [-0.15, -0.1) is 23.2 Å². The highest BCUT2D eigenvalue weighted by atomic mass is 35.5. The highest BCUT2D eigenvalue weighted by Crippen LogP contribution is 2.27. The molecule has 0 spiro atoms. The molecule has 0 aliphatic rings. The van der Waals surface area contributed by atoms with Crippen LogP contribution in [0, 0.1) is 0 Å². The van der Waals surface area contributed by atoms with Crippen LogP contribution in [-0.2, 0) is 19.1 Å². The molecule has 0 aromatic heterocycles. The molecule has 2 atom stereocenters. The smallest absolute Gasteiger partial charge is 0.330 e. The van der Waals surface area contributed by atoms with E-state index in [-0.39, 0.29) is 9.52 Å². The normalized spacial score (nSPS) is 13.0. The Bertz CT molecular complexity index is 548. The molecule has 0 heterocycles. The van der Waals surface area contributed by atoms with Crippen molar-refractivity contribution >= 4 is 44.7 Å². The molecule has 0 aliphatic heterocycles. The Morgan fingerprint density at radius 1 is 1.09 bits per heavy atom. The van der Waals surface area contributed by atoms with Crippen molar-refractivity contribution < 1.29 is 19.1 Å². The van der Waals surface area contributed by atoms with E-state index in [1.54, 1.807) is 24.3 Å². The van der Waals surface area contributed by atoms with Crippen LogP contribution >= 0.6 is 23.2 Å². The summed E-state index contributed by atoms with van der Waals surface area (Å²) in [5.41, 5.74) is 0.690. The van der Waals surface area contributed by atoms with Crippen LogP contribution in [0.4, 0.5) is 0 Å². The third-order valence-electron chi connectivity index (χ3n) is 2.78. The minimum atomic E-state index is -0.787. The van der Waals surface area contributed by atoms with Gasteiger partial charge in [-0.05, 0) is 11.6 Å². The van der Waals surface area contributed by atoms with Crippen molar-refractivity contribution in [3.63, 3.8) is 0 Å². The Kier molecular flexibility index (Phi) is 8.69. The zero-order valence-electron chi connectivity index (χ0n) is 12.3. The van der Waals surface area contributed by atoms with Gasteiger partial charge in [0.2, 0.25) is 0 Å². The Labute approximate surface area is 147 Å². The number of hydrogen-bond donors (Lipinski definition) is 0. The molecule has 0 fully saturated rings. The maximum Gasteiger partial charge on any atom is 0.330 e. The zero-order chi connectivity index (χ0) is 17.2. The van der Waals surface area contributed by atoms with Crippen LogP contribution in [0.2, 0.25) is 6.04 Å². The summed E-state index contributed by atoms with van der Waals surface area (Å²) >= 11 is 11.5. The molecule has 1 rings (SSSR count). The van der Waals surface area contributed by atoms with E-state index in [1.165, 1.54) is 0 Å². The number of ether oxygens (including phenoxy) is 2. The molecule has 2 radical (unpaired) electrons. The first-order valence-corrected chi connectivity index (χ1v) is 8.86. The van der Waals surface area contributed by atoms with Crippen molar-refractivity contribution in [1.82, 2.24) is 0 Å². The summed E-state index contributed by atoms with van der Waals surface area (Å²) in [6.45, 7) is 6.75. The van der Waals surface area contributed by atoms with Crippen molar-refractivity contribution in [1.29, 1.82) is 0 Å². The van der Waals surface area contributed by atoms with Crippen LogP contribution in [-0.4, -0.2) is 32.0 Å². The first-order valence-electron chi connectivity index (χ1n) is 6.70. The lowest BCUT2D eigenvalue weighted by Gasteiger charge is -2.26. The predicted molar refractivity (Wildman–Crippen MR) is 91.6 cm³/mol. The summed E-state index contributed by atoms with van der Waals surface area (Å²) < 4.78 is 10.1. The average Bonchev–Trinajstić information content (AvgIpc) is 2.56. The van der Waals surface area contributed by atoms with Gasteiger partial charge in [0.05, 0.1) is 14.0 Å². The Balaban J connectivity index is 3.07. The minimum Gasteiger partial charge on any atom is -0.455 e. The van der Waals surface area contributed by atoms with Crippen LogP contribution < -0.4 is 0 Å². The SMILES string of the molecule is C=CC(=O)OC(C[Si]C(Cl)Cl)C(OC(=O)C=C)c1ccccc1. The number of halogens is 2. The molecule has 122 valence electrons. The molecule has 0 N–H and O–H groups in total. The number of benzene rings is 1. The summed E-state index contributed by atoms with van der Waals surface area (Å²) in [7, 11) is 0.107. The fourth-order valence-electron chi connectivity index (χ4n) is 1.79. The van der Waals surface area contributed by atoms with Gasteiger partial charge in [-0.3, -0.25) is 0 Å². The third kappa shape index (κ3) is 7.03. The molecule has 23 heavy (non-hydrogen) atoms. The van der Waals surface area contributed by atoms with Crippen molar-refractivity contribution in [2.24, 2.45) is 0 Å². The van der Waals surface area contributed by atoms with Gasteiger partial charge >= 0.3 is 11.9 Å². The van der Waals surface area contributed by atoms with Crippen molar-refractivity contribution in [2.45, 2.75) is 22.7 Å². The van der Waals surface area contributed by atoms with E-state index in [0.29, 0.717) is 11.6 Å². The van der Waals surface area contributed by atoms with Gasteiger partial charge in [0.25, 0.3) is 0 Å². The van der Waals surface area contributed by atoms with E-state index in [2.05, 4.69) is 13.2 Å². The molecule has 7 heteroatoms. The van der Waals surface area contributed by atoms with Gasteiger partial charge in [0.15, 0.2) is 6.10 Å². The third-order valence-corrected chi connectivity index (χ3v) is 4.66. The van der Waals surface area contributed by atoms with Crippen LogP contribution in [0.15, 0.2) is 55.6 Å². The average molecular weight is 371 g/mol. The van der Waals surface area contributed by atoms with Crippen LogP contribution in [0.1, 0.15) is 11.7 Å². The lowest BCUT2D eigenvalue weighted by atomic mass is 10.1. The maximum absolute atomic E-state index is 11.6. The molecular formula is C16H16Cl2O4Si. The number of rotatable bonds is 9. The topological polar surface area (TPSA) is 52.6 Å². The van der Waals surface area contributed by atoms with Gasteiger partial charge in [-0.2, -0.15) is 0 Å². The van der Waals surface area contributed by atoms with E-state index in [9.17, 15) is 9.59 Å². The highest BCUT2D eigenvalue weighted by Gasteiger charge is 2.30. The van der Waals surface area contributed by atoms with E-state index >= 15 is 0 Å². The standard InChI is InChI=1S/C16H16Cl2O4Si/c1-3-13(19)21-12(10-23-16(17)18)15(22-14(20)4-2)11-8-6-5-7-9-11/h3-9,12,15-16H,1-2,10H2. The van der Waals surface area contributed by atoms with Gasteiger partial charge in [-0.25, -0.2) is 9.59 Å². The fraction of sp³-hybridized carbons (Fsp3) is 0.250. The van der Waals surface area contributed by atoms with Crippen LogP contribution in [0.5, 0.6) is 0 Å². The maximum atomic E-state index is 11.6. The quantitative estimate of drug-likeness (QED) is 0.289. The molecule has 0 saturated heterocycles. The predicted octanol–water partition coefficient (Wildman–Crippen LogP) is 3.44. The van der Waals surface area contributed by atoms with Crippen molar-refractivity contribution in [2.75, 3.05) is 0 Å². The number of hydrogen-bond acceptors (Lipinski definition) is 4. The van der Waals surface area contributed by atoms with Crippen molar-refractivity contribution in [3.05, 3.63) is 61.2 Å². The summed E-state index contributed by atoms with van der Waals surface area (Å²) in [5.74, 6) is -1.23. The van der Waals surface area contributed by atoms with Crippen molar-refractivity contribution in [3.8, 4) is 0 Å². The number of esters is 2. The molecule has 0 bridgehead atoms. The second-order valence-corrected chi connectivity index (χ2v) is 7.58. The molecule has 2 unspecified atom stereocenters. The monoisotopic (exact) mass is 370 g/mol. The van der Waals surface area contributed by atoms with Gasteiger partial charge < -0.3 is 9.47 Å². The molecule has 4 nitrogen and oxygen atoms in total. The highest BCUT2D eigenvalue weighted by molar-refractivity contribution is 6.68. The molecule has 1 aromatic rings. The lowest BCUT2D eigenvalue weighted by molar-refractivity contribution is -0.160. The summed E-state index contributed by atoms with van der Waals surface area (Å²) in [6.07, 6.45) is 0.582. The Hall–Kier alpha value is -1.56. The van der Waals surface area contributed by atoms with Gasteiger partial charge in [0.1, 0.15) is 6.10 Å². The molecule has 0 aliphatic carbocycles. The van der Waals surface area contributed by atoms with Gasteiger partial charge in [0, 0.05) is 12.2 Å². The Morgan fingerprint density at radius 2 is 1.65 bits per heavy atom. The molecule has 0 saturated carbocycles. The Morgan fingerprint density at radius 3 is 2.17 bits per heavy atom. The summed E-state index contributed by atoms with van der Waals surface area (Å²) in [6, 6.07) is 9.32. The largest absolute Gasteiger partial charge is 0.455 e. The van der Waals surface area contributed by atoms with E-state index < -0.39 is 28.6 Å². The zero-order valence-corrected chi connectivity index (χ0v) is 14.8. The minimum absolute atomic E-state index is 0.107. The molecule has 1 aromatic carbocycles. The number of carbonyl (C=O) groups excluding carboxylic acids is 2. The second kappa shape index (κ2) is 10.3. The van der Waals surface area contributed by atoms with Crippen LogP contribution in [0.25, 0.3) is 0 Å². The van der Waals surface area contributed by atoms with E-state index in [4.69, 9.17) is 32.7 Å². The van der Waals surface area contributed by atoms with E-state index in [1.807, 2.05) is 6.07 Å². The first kappa shape index (κ1) is 19.5. The first-order chi connectivity index (χ1) is 11.0. The van der Waals surface area contributed by atoms with Crippen LogP contribution in [0.3, 0.4) is 0 Å². The molecule has 0 amide bonds.